The number of carbonyl (C=O) groups excluding carboxylic acids is 4. The minimum atomic E-state index is -0.474. The quantitative estimate of drug-likeness (QED) is 0.113. The lowest BCUT2D eigenvalue weighted by molar-refractivity contribution is -0.191. The lowest BCUT2D eigenvalue weighted by atomic mass is 9.99. The smallest absolute Gasteiger partial charge is 0.373 e. The number of rotatable bonds is 8. The minimum absolute atomic E-state index is 0.245. The minimum Gasteiger partial charge on any atom is -0.469 e. The molecule has 8 aromatic rings. The van der Waals surface area contributed by atoms with Crippen molar-refractivity contribution in [2.24, 2.45) is 0 Å². The van der Waals surface area contributed by atoms with E-state index in [0.29, 0.717) is 32.0 Å². The van der Waals surface area contributed by atoms with Crippen molar-refractivity contribution in [2.45, 2.75) is 66.7 Å². The first-order valence-electron chi connectivity index (χ1n) is 22.7. The van der Waals surface area contributed by atoms with E-state index >= 15 is 0 Å². The topological polar surface area (TPSA) is 170 Å². The average molecular weight is 1090 g/mol. The van der Waals surface area contributed by atoms with Crippen molar-refractivity contribution in [1.29, 1.82) is 0 Å². The van der Waals surface area contributed by atoms with E-state index in [1.165, 1.54) is 35.8 Å². The first-order chi connectivity index (χ1) is 34.9. The molecule has 72 heavy (non-hydrogen) atoms. The summed E-state index contributed by atoms with van der Waals surface area (Å²) in [6.45, 7) is 9.60. The van der Waals surface area contributed by atoms with Gasteiger partial charge in [-0.05, 0) is 120 Å². The van der Waals surface area contributed by atoms with E-state index in [-0.39, 0.29) is 24.4 Å². The Labute approximate surface area is 433 Å². The van der Waals surface area contributed by atoms with Crippen molar-refractivity contribution in [3.8, 4) is 11.1 Å². The van der Waals surface area contributed by atoms with Crippen LogP contribution in [0.3, 0.4) is 0 Å². The number of aliphatic hydroxyl groups excluding tert-OH is 1. The molecule has 2 unspecified atom stereocenters. The van der Waals surface area contributed by atoms with Gasteiger partial charge in [0.2, 0.25) is 12.6 Å². The molecule has 10 rings (SSSR count). The van der Waals surface area contributed by atoms with Crippen LogP contribution in [0.5, 0.6) is 0 Å². The van der Waals surface area contributed by atoms with Gasteiger partial charge in [0.1, 0.15) is 11.4 Å². The van der Waals surface area contributed by atoms with Gasteiger partial charge in [-0.25, -0.2) is 14.8 Å². The highest BCUT2D eigenvalue weighted by molar-refractivity contribution is 14.1. The Morgan fingerprint density at radius 1 is 0.597 bits per heavy atom. The molecule has 372 valence electrons. The SMILES string of the molecule is CO.COC(=O)c1ccc(-c2cc(C)cc(COC3OCc4cc5ccccc5nc43)c2)cc1.COC(C)=O.Cc1ccc(I)cc1.Cc1cccc(COC2OCc3cc4ccccc4nc32)c1.O=C=O. The number of ether oxygens (including phenoxy) is 6. The van der Waals surface area contributed by atoms with Gasteiger partial charge in [-0.2, -0.15) is 9.59 Å². The van der Waals surface area contributed by atoms with Crippen molar-refractivity contribution in [3.63, 3.8) is 0 Å². The standard InChI is InChI=1S/C27H23NO4.C19H17NO2.C7H7I.C3H6O2.CO2.CH4O/c1-17-11-18(13-22(12-17)19-7-9-20(10-8-19)26(29)30-2)15-31-27-25-23(16-32-27)14-21-5-3-4-6-24(21)28-25;1-13-5-4-6-14(9-13)11-21-19-18-16(12-22-19)10-15-7-2-3-8-17(15)20-18;1-6-2-4-7(8)5-3-6;1-3(4)5-2;2-1-3;1-2/h3-14,27H,15-16H2,1-2H3;2-10,19H,11-12H2,1H3;2-5H,1H3;1-2H3;;2H,1H3. The van der Waals surface area contributed by atoms with Crippen LogP contribution in [0.2, 0.25) is 0 Å². The normalized spacial score (nSPS) is 13.5. The summed E-state index contributed by atoms with van der Waals surface area (Å²) in [5.74, 6) is -0.585. The molecule has 0 radical (unpaired) electrons. The summed E-state index contributed by atoms with van der Waals surface area (Å²) in [6.07, 6.45) is -0.599. The zero-order chi connectivity index (χ0) is 52.0. The van der Waals surface area contributed by atoms with Crippen LogP contribution in [-0.2, 0) is 69.2 Å². The Balaban J connectivity index is 0.000000206. The summed E-state index contributed by atoms with van der Waals surface area (Å²) in [7, 11) is 3.73. The molecule has 4 heterocycles. The number of pyridine rings is 2. The van der Waals surface area contributed by atoms with E-state index in [0.717, 1.165) is 79.2 Å². The molecular formula is C58H57IN2O11. The number of aryl methyl sites for hydroxylation is 3. The number of benzene rings is 6. The van der Waals surface area contributed by atoms with Crippen LogP contribution < -0.4 is 0 Å². The molecule has 13 nitrogen and oxygen atoms in total. The lowest BCUT2D eigenvalue weighted by Gasteiger charge is -2.14. The summed E-state index contributed by atoms with van der Waals surface area (Å²) in [6, 6.07) is 50.9. The molecule has 0 saturated carbocycles. The third-order valence-electron chi connectivity index (χ3n) is 10.9. The summed E-state index contributed by atoms with van der Waals surface area (Å²) in [4.78, 5) is 47.0. The first-order valence-corrected chi connectivity index (χ1v) is 23.7. The van der Waals surface area contributed by atoms with E-state index in [1.807, 2.05) is 54.6 Å². The number of nitrogens with zero attached hydrogens (tertiary/aromatic N) is 2. The van der Waals surface area contributed by atoms with Crippen LogP contribution in [0.25, 0.3) is 32.9 Å². The zero-order valence-electron chi connectivity index (χ0n) is 41.2. The summed E-state index contributed by atoms with van der Waals surface area (Å²) >= 11 is 2.30. The molecule has 1 N–H and O–H groups in total. The van der Waals surface area contributed by atoms with Crippen molar-refractivity contribution in [3.05, 3.63) is 211 Å². The summed E-state index contributed by atoms with van der Waals surface area (Å²) < 4.78 is 33.9. The van der Waals surface area contributed by atoms with E-state index in [9.17, 15) is 9.59 Å². The summed E-state index contributed by atoms with van der Waals surface area (Å²) in [5.41, 5.74) is 14.4. The van der Waals surface area contributed by atoms with Gasteiger partial charge in [0.25, 0.3) is 0 Å². The van der Waals surface area contributed by atoms with Gasteiger partial charge in [0, 0.05) is 39.5 Å². The Hall–Kier alpha value is -7.01. The molecule has 0 bridgehead atoms. The Morgan fingerprint density at radius 2 is 1.10 bits per heavy atom. The fourth-order valence-electron chi connectivity index (χ4n) is 7.44. The Kier molecular flexibility index (Phi) is 22.3. The van der Waals surface area contributed by atoms with E-state index in [2.05, 4.69) is 133 Å². The molecule has 2 aromatic heterocycles. The molecule has 0 spiro atoms. The number of methoxy groups -OCH3 is 2. The number of aliphatic hydroxyl groups is 1. The summed E-state index contributed by atoms with van der Waals surface area (Å²) in [5, 5.41) is 9.25. The van der Waals surface area contributed by atoms with Crippen LogP contribution in [0.1, 0.15) is 80.2 Å². The molecular weight excluding hydrogens is 1030 g/mol. The predicted molar refractivity (Wildman–Crippen MR) is 282 cm³/mol. The van der Waals surface area contributed by atoms with E-state index in [1.54, 1.807) is 12.1 Å². The number of carbonyl (C=O) groups is 2. The van der Waals surface area contributed by atoms with Gasteiger partial charge in [-0.1, -0.05) is 114 Å². The highest BCUT2D eigenvalue weighted by Crippen LogP contribution is 2.35. The number of hydrogen-bond donors (Lipinski definition) is 1. The van der Waals surface area contributed by atoms with Gasteiger partial charge in [-0.15, -0.1) is 0 Å². The second-order valence-electron chi connectivity index (χ2n) is 16.2. The fraction of sp³-hybridized carbons (Fsp3) is 0.224. The maximum atomic E-state index is 11.7. The molecule has 2 aliphatic rings. The van der Waals surface area contributed by atoms with Crippen LogP contribution in [0.4, 0.5) is 0 Å². The van der Waals surface area contributed by atoms with Gasteiger partial charge < -0.3 is 33.5 Å². The van der Waals surface area contributed by atoms with Gasteiger partial charge in [0.15, 0.2) is 0 Å². The monoisotopic (exact) mass is 1080 g/mol. The van der Waals surface area contributed by atoms with Crippen molar-refractivity contribution in [1.82, 2.24) is 9.97 Å². The average Bonchev–Trinajstić information content (AvgIpc) is 4.00. The third-order valence-corrected chi connectivity index (χ3v) is 11.6. The van der Waals surface area contributed by atoms with E-state index in [4.69, 9.17) is 48.3 Å². The highest BCUT2D eigenvalue weighted by Gasteiger charge is 2.27. The van der Waals surface area contributed by atoms with Crippen LogP contribution in [-0.4, -0.2) is 54.5 Å². The van der Waals surface area contributed by atoms with Crippen molar-refractivity contribution in [2.75, 3.05) is 21.3 Å². The molecule has 2 aliphatic heterocycles. The number of fused-ring (bicyclic) bond motifs is 4. The Bertz CT molecular complexity index is 3050. The third kappa shape index (κ3) is 16.5. The maximum absolute atomic E-state index is 11.7. The lowest BCUT2D eigenvalue weighted by Crippen LogP contribution is -2.05. The molecule has 0 aliphatic carbocycles. The number of halogens is 1. The van der Waals surface area contributed by atoms with Gasteiger partial charge in [0.05, 0.1) is 57.2 Å². The Morgan fingerprint density at radius 3 is 1.58 bits per heavy atom. The van der Waals surface area contributed by atoms with Gasteiger partial charge >= 0.3 is 18.1 Å². The number of aromatic nitrogens is 2. The zero-order valence-corrected chi connectivity index (χ0v) is 43.4. The molecule has 2 atom stereocenters. The van der Waals surface area contributed by atoms with Crippen molar-refractivity contribution < 1.29 is 52.7 Å². The largest absolute Gasteiger partial charge is 0.469 e. The van der Waals surface area contributed by atoms with Crippen LogP contribution in [0, 0.1) is 24.3 Å². The van der Waals surface area contributed by atoms with Crippen molar-refractivity contribution >= 4 is 62.5 Å². The van der Waals surface area contributed by atoms with Crippen LogP contribution in [0.15, 0.2) is 152 Å². The molecule has 0 fully saturated rings. The molecule has 6 aromatic carbocycles. The number of esters is 2. The van der Waals surface area contributed by atoms with Crippen LogP contribution >= 0.6 is 22.6 Å². The second-order valence-corrected chi connectivity index (χ2v) is 17.4. The molecule has 0 amide bonds. The molecule has 14 heteroatoms. The number of hydrogen-bond acceptors (Lipinski definition) is 13. The molecule has 0 saturated heterocycles. The predicted octanol–water partition coefficient (Wildman–Crippen LogP) is 11.8. The first kappa shape index (κ1) is 55.9. The fourth-order valence-corrected chi connectivity index (χ4v) is 7.80. The van der Waals surface area contributed by atoms with Gasteiger partial charge in [-0.3, -0.25) is 4.79 Å². The second kappa shape index (κ2) is 28.7. The maximum Gasteiger partial charge on any atom is 0.373 e. The van der Waals surface area contributed by atoms with E-state index < -0.39 is 6.29 Å². The highest BCUT2D eigenvalue weighted by atomic mass is 127. The number of para-hydroxylation sites is 2.